The van der Waals surface area contributed by atoms with Gasteiger partial charge in [-0.05, 0) is 48.5 Å². The van der Waals surface area contributed by atoms with Gasteiger partial charge < -0.3 is 24.2 Å². The van der Waals surface area contributed by atoms with Crippen LogP contribution in [0.5, 0.6) is 23.0 Å². The fourth-order valence-electron chi connectivity index (χ4n) is 4.02. The zero-order chi connectivity index (χ0) is 26.6. The summed E-state index contributed by atoms with van der Waals surface area (Å²) in [6, 6.07) is 18.2. The molecule has 3 aromatic rings. The van der Waals surface area contributed by atoms with E-state index in [0.717, 1.165) is 4.31 Å². The Morgan fingerprint density at radius 2 is 1.51 bits per heavy atom. The van der Waals surface area contributed by atoms with Crippen molar-refractivity contribution in [2.75, 3.05) is 33.9 Å². The summed E-state index contributed by atoms with van der Waals surface area (Å²) in [5.41, 5.74) is 0.334. The second-order valence-corrected chi connectivity index (χ2v) is 10.1. The third-order valence-electron chi connectivity index (χ3n) is 5.95. The van der Waals surface area contributed by atoms with Crippen molar-refractivity contribution < 1.29 is 37.3 Å². The summed E-state index contributed by atoms with van der Waals surface area (Å²) in [4.78, 5) is 26.4. The van der Waals surface area contributed by atoms with Crippen molar-refractivity contribution in [3.8, 4) is 23.0 Å². The van der Waals surface area contributed by atoms with Crippen molar-refractivity contribution in [3.05, 3.63) is 78.4 Å². The lowest BCUT2D eigenvalue weighted by Crippen LogP contribution is -2.59. The highest BCUT2D eigenvalue weighted by atomic mass is 32.2. The SMILES string of the molecule is COc1ccc(S(=O)(=O)N2CCN(C(=O)c3ccc(Oc4ccccc4)cc3)C[C@H]2C(=O)O)cc1OC. The van der Waals surface area contributed by atoms with Gasteiger partial charge >= 0.3 is 5.97 Å². The molecule has 0 spiro atoms. The van der Waals surface area contributed by atoms with E-state index in [4.69, 9.17) is 14.2 Å². The van der Waals surface area contributed by atoms with Gasteiger partial charge in [0.25, 0.3) is 5.91 Å². The largest absolute Gasteiger partial charge is 0.493 e. The highest BCUT2D eigenvalue weighted by molar-refractivity contribution is 7.89. The van der Waals surface area contributed by atoms with Crippen LogP contribution in [0.25, 0.3) is 0 Å². The van der Waals surface area contributed by atoms with Crippen LogP contribution in [0.15, 0.2) is 77.7 Å². The van der Waals surface area contributed by atoms with Gasteiger partial charge in [-0.15, -0.1) is 0 Å². The first-order valence-electron chi connectivity index (χ1n) is 11.3. The van der Waals surface area contributed by atoms with Crippen molar-refractivity contribution in [2.24, 2.45) is 0 Å². The van der Waals surface area contributed by atoms with Gasteiger partial charge in [-0.3, -0.25) is 9.59 Å². The Balaban J connectivity index is 1.50. The van der Waals surface area contributed by atoms with Gasteiger partial charge in [-0.25, -0.2) is 8.42 Å². The van der Waals surface area contributed by atoms with Crippen LogP contribution in [-0.4, -0.2) is 74.5 Å². The van der Waals surface area contributed by atoms with Gasteiger partial charge in [-0.1, -0.05) is 18.2 Å². The van der Waals surface area contributed by atoms with Crippen LogP contribution < -0.4 is 14.2 Å². The number of aliphatic carboxylic acids is 1. The van der Waals surface area contributed by atoms with Crippen LogP contribution in [0.3, 0.4) is 0 Å². The number of piperazine rings is 1. The average Bonchev–Trinajstić information content (AvgIpc) is 2.92. The van der Waals surface area contributed by atoms with E-state index < -0.39 is 27.9 Å². The number of carboxylic acids is 1. The fraction of sp³-hybridized carbons (Fsp3) is 0.231. The van der Waals surface area contributed by atoms with Crippen molar-refractivity contribution in [3.63, 3.8) is 0 Å². The molecule has 0 unspecified atom stereocenters. The lowest BCUT2D eigenvalue weighted by molar-refractivity contribution is -0.142. The van der Waals surface area contributed by atoms with Crippen LogP contribution in [0.2, 0.25) is 0 Å². The number of ether oxygens (including phenoxy) is 3. The Morgan fingerprint density at radius 3 is 2.14 bits per heavy atom. The van der Waals surface area contributed by atoms with E-state index in [2.05, 4.69) is 0 Å². The number of methoxy groups -OCH3 is 2. The number of carboxylic acid groups (broad SMARTS) is 1. The maximum absolute atomic E-state index is 13.4. The number of nitrogens with zero attached hydrogens (tertiary/aromatic N) is 2. The molecule has 0 bridgehead atoms. The summed E-state index contributed by atoms with van der Waals surface area (Å²) < 4.78 is 43.7. The Labute approximate surface area is 214 Å². The van der Waals surface area contributed by atoms with Crippen molar-refractivity contribution >= 4 is 21.9 Å². The number of para-hydroxylation sites is 1. The minimum Gasteiger partial charge on any atom is -0.493 e. The highest BCUT2D eigenvalue weighted by Crippen LogP contribution is 2.32. The van der Waals surface area contributed by atoms with E-state index in [-0.39, 0.29) is 30.3 Å². The molecule has 10 nitrogen and oxygen atoms in total. The van der Waals surface area contributed by atoms with E-state index in [1.54, 1.807) is 36.4 Å². The molecule has 1 N–H and O–H groups in total. The molecule has 194 valence electrons. The topological polar surface area (TPSA) is 123 Å². The van der Waals surface area contributed by atoms with Crippen LogP contribution >= 0.6 is 0 Å². The summed E-state index contributed by atoms with van der Waals surface area (Å²) >= 11 is 0. The maximum Gasteiger partial charge on any atom is 0.323 e. The molecule has 1 aliphatic heterocycles. The summed E-state index contributed by atoms with van der Waals surface area (Å²) in [6.45, 7) is -0.463. The summed E-state index contributed by atoms with van der Waals surface area (Å²) in [5, 5.41) is 9.84. The molecule has 0 saturated carbocycles. The molecule has 1 saturated heterocycles. The van der Waals surface area contributed by atoms with Gasteiger partial charge in [-0.2, -0.15) is 4.31 Å². The first kappa shape index (κ1) is 26.0. The van der Waals surface area contributed by atoms with Crippen LogP contribution in [-0.2, 0) is 14.8 Å². The Morgan fingerprint density at radius 1 is 0.865 bits per heavy atom. The highest BCUT2D eigenvalue weighted by Gasteiger charge is 2.41. The van der Waals surface area contributed by atoms with E-state index >= 15 is 0 Å². The van der Waals surface area contributed by atoms with Gasteiger partial charge in [0.1, 0.15) is 17.5 Å². The molecule has 1 amide bonds. The molecule has 1 heterocycles. The molecule has 1 atom stereocenters. The quantitative estimate of drug-likeness (QED) is 0.475. The standard InChI is InChI=1S/C26H26N2O8S/c1-34-23-13-12-21(16-24(23)35-2)37(32,33)28-15-14-27(17-22(28)26(30)31)25(29)18-8-10-20(11-9-18)36-19-6-4-3-5-7-19/h3-13,16,22H,14-15,17H2,1-2H3,(H,30,31)/t22-/m0/s1. The van der Waals surface area contributed by atoms with Crippen LogP contribution in [0.4, 0.5) is 0 Å². The number of hydrogen-bond donors (Lipinski definition) is 1. The Kier molecular flexibility index (Phi) is 7.65. The third-order valence-corrected chi connectivity index (χ3v) is 7.85. The molecule has 1 fully saturated rings. The van der Waals surface area contributed by atoms with Gasteiger partial charge in [0.2, 0.25) is 10.0 Å². The first-order valence-corrected chi connectivity index (χ1v) is 12.8. The lowest BCUT2D eigenvalue weighted by Gasteiger charge is -2.38. The fourth-order valence-corrected chi connectivity index (χ4v) is 5.61. The molecular weight excluding hydrogens is 500 g/mol. The number of amides is 1. The lowest BCUT2D eigenvalue weighted by atomic mass is 10.1. The van der Waals surface area contributed by atoms with E-state index in [0.29, 0.717) is 22.8 Å². The number of carbonyl (C=O) groups is 2. The predicted octanol–water partition coefficient (Wildman–Crippen LogP) is 3.10. The van der Waals surface area contributed by atoms with E-state index in [1.165, 1.54) is 37.3 Å². The molecule has 37 heavy (non-hydrogen) atoms. The Bertz CT molecular complexity index is 1380. The molecule has 4 rings (SSSR count). The zero-order valence-corrected chi connectivity index (χ0v) is 21.1. The average molecular weight is 527 g/mol. The third kappa shape index (κ3) is 5.52. The van der Waals surface area contributed by atoms with Gasteiger partial charge in [0.05, 0.1) is 19.1 Å². The second-order valence-electron chi connectivity index (χ2n) is 8.18. The molecule has 11 heteroatoms. The van der Waals surface area contributed by atoms with Gasteiger partial charge in [0.15, 0.2) is 11.5 Å². The van der Waals surface area contributed by atoms with Crippen LogP contribution in [0.1, 0.15) is 10.4 Å². The number of benzene rings is 3. The maximum atomic E-state index is 13.4. The van der Waals surface area contributed by atoms with E-state index in [1.807, 2.05) is 18.2 Å². The summed E-state index contributed by atoms with van der Waals surface area (Å²) in [5.74, 6) is -0.0284. The van der Waals surface area contributed by atoms with Crippen molar-refractivity contribution in [1.82, 2.24) is 9.21 Å². The Hall–Kier alpha value is -4.09. The monoisotopic (exact) mass is 526 g/mol. The minimum absolute atomic E-state index is 0.0252. The number of rotatable bonds is 8. The molecular formula is C26H26N2O8S. The molecule has 0 aliphatic carbocycles. The number of hydrogen-bond acceptors (Lipinski definition) is 7. The molecule has 3 aromatic carbocycles. The van der Waals surface area contributed by atoms with Crippen molar-refractivity contribution in [2.45, 2.75) is 10.9 Å². The number of carbonyl (C=O) groups excluding carboxylic acids is 1. The minimum atomic E-state index is -4.20. The molecule has 0 aromatic heterocycles. The molecule has 1 aliphatic rings. The normalized spacial score (nSPS) is 16.2. The first-order chi connectivity index (χ1) is 17.7. The molecule has 0 radical (unpaired) electrons. The zero-order valence-electron chi connectivity index (χ0n) is 20.2. The second kappa shape index (κ2) is 10.9. The number of sulfonamides is 1. The summed E-state index contributed by atoms with van der Waals surface area (Å²) in [7, 11) is -1.40. The predicted molar refractivity (Wildman–Crippen MR) is 134 cm³/mol. The smallest absolute Gasteiger partial charge is 0.323 e. The van der Waals surface area contributed by atoms with E-state index in [9.17, 15) is 23.1 Å². The summed E-state index contributed by atoms with van der Waals surface area (Å²) in [6.07, 6.45) is 0. The van der Waals surface area contributed by atoms with Crippen LogP contribution in [0, 0.1) is 0 Å². The van der Waals surface area contributed by atoms with Gasteiger partial charge in [0, 0.05) is 31.3 Å². The van der Waals surface area contributed by atoms with Crippen molar-refractivity contribution in [1.29, 1.82) is 0 Å².